The smallest absolute Gasteiger partial charge is 0.309 e. The maximum absolute atomic E-state index is 12.4. The fourth-order valence-electron chi connectivity index (χ4n) is 2.52. The van der Waals surface area contributed by atoms with Crippen LogP contribution in [0.15, 0.2) is 30.3 Å². The number of rotatable bonds is 8. The van der Waals surface area contributed by atoms with Gasteiger partial charge in [0, 0.05) is 0 Å². The third-order valence-electron chi connectivity index (χ3n) is 3.73. The van der Waals surface area contributed by atoms with Crippen molar-refractivity contribution in [2.75, 3.05) is 0 Å². The van der Waals surface area contributed by atoms with E-state index in [0.717, 1.165) is 5.75 Å². The van der Waals surface area contributed by atoms with Gasteiger partial charge in [0.15, 0.2) is 0 Å². The molecule has 0 N–H and O–H groups in total. The Balaban J connectivity index is 2.65. The molecule has 0 heterocycles. The van der Waals surface area contributed by atoms with Crippen molar-refractivity contribution < 1.29 is 23.8 Å². The summed E-state index contributed by atoms with van der Waals surface area (Å²) in [6.07, 6.45) is -0.728. The fraction of sp³-hybridized carbons (Fsp3) is 0.619. The van der Waals surface area contributed by atoms with Crippen LogP contribution in [-0.2, 0) is 19.1 Å². The molecule has 0 bridgehead atoms. The van der Waals surface area contributed by atoms with Crippen LogP contribution in [0.5, 0.6) is 5.75 Å². The van der Waals surface area contributed by atoms with Crippen LogP contribution < -0.4 is 4.74 Å². The Labute approximate surface area is 157 Å². The van der Waals surface area contributed by atoms with Gasteiger partial charge in [-0.2, -0.15) is 0 Å². The lowest BCUT2D eigenvalue weighted by molar-refractivity contribution is -0.167. The summed E-state index contributed by atoms with van der Waals surface area (Å²) in [5.41, 5.74) is -0.570. The minimum absolute atomic E-state index is 0.00512. The molecule has 1 rings (SSSR count). The number of ether oxygens (including phenoxy) is 3. The Morgan fingerprint density at radius 3 is 2.08 bits per heavy atom. The van der Waals surface area contributed by atoms with Crippen LogP contribution in [0.1, 0.15) is 54.9 Å². The molecule has 1 aromatic rings. The van der Waals surface area contributed by atoms with Crippen molar-refractivity contribution in [2.24, 2.45) is 11.8 Å². The van der Waals surface area contributed by atoms with Gasteiger partial charge < -0.3 is 14.2 Å². The van der Waals surface area contributed by atoms with E-state index >= 15 is 0 Å². The van der Waals surface area contributed by atoms with Crippen molar-refractivity contribution in [3.63, 3.8) is 0 Å². The van der Waals surface area contributed by atoms with E-state index in [4.69, 9.17) is 14.2 Å². The molecule has 3 atom stereocenters. The average Bonchev–Trinajstić information content (AvgIpc) is 2.50. The zero-order valence-corrected chi connectivity index (χ0v) is 16.9. The third-order valence-corrected chi connectivity index (χ3v) is 3.73. The molecule has 0 aliphatic rings. The van der Waals surface area contributed by atoms with Crippen molar-refractivity contribution in [1.29, 1.82) is 0 Å². The van der Waals surface area contributed by atoms with E-state index in [9.17, 15) is 9.59 Å². The summed E-state index contributed by atoms with van der Waals surface area (Å²) in [7, 11) is 0. The van der Waals surface area contributed by atoms with Crippen LogP contribution >= 0.6 is 0 Å². The van der Waals surface area contributed by atoms with E-state index < -0.39 is 29.6 Å². The largest absolute Gasteiger partial charge is 0.487 e. The third kappa shape index (κ3) is 7.89. The van der Waals surface area contributed by atoms with Crippen LogP contribution in [0.25, 0.3) is 0 Å². The van der Waals surface area contributed by atoms with Crippen LogP contribution in [0.4, 0.5) is 0 Å². The summed E-state index contributed by atoms with van der Waals surface area (Å²) in [4.78, 5) is 24.3. The molecule has 0 saturated heterocycles. The van der Waals surface area contributed by atoms with Crippen molar-refractivity contribution in [3.05, 3.63) is 30.3 Å². The van der Waals surface area contributed by atoms with Gasteiger partial charge in [0.05, 0.1) is 12.3 Å². The lowest BCUT2D eigenvalue weighted by Gasteiger charge is -2.29. The Kier molecular flexibility index (Phi) is 8.12. The summed E-state index contributed by atoms with van der Waals surface area (Å²) in [5, 5.41) is 0. The highest BCUT2D eigenvalue weighted by Crippen LogP contribution is 2.21. The second kappa shape index (κ2) is 9.60. The van der Waals surface area contributed by atoms with Gasteiger partial charge in [-0.25, -0.2) is 0 Å². The summed E-state index contributed by atoms with van der Waals surface area (Å²) in [6.45, 7) is 12.9. The first kappa shape index (κ1) is 22.0. The fourth-order valence-corrected chi connectivity index (χ4v) is 2.52. The van der Waals surface area contributed by atoms with Gasteiger partial charge in [0.25, 0.3) is 0 Å². The first-order valence-electron chi connectivity index (χ1n) is 9.13. The van der Waals surface area contributed by atoms with Crippen LogP contribution in [0.3, 0.4) is 0 Å². The molecule has 0 aromatic heterocycles. The molecule has 0 aliphatic heterocycles. The highest BCUT2D eigenvalue weighted by atomic mass is 16.6. The predicted molar refractivity (Wildman–Crippen MR) is 101 cm³/mol. The number of carbonyl (C=O) groups excluding carboxylic acids is 2. The molecule has 0 radical (unpaired) electrons. The molecular formula is C21H32O5. The number of hydrogen-bond donors (Lipinski definition) is 0. The van der Waals surface area contributed by atoms with E-state index in [1.165, 1.54) is 0 Å². The van der Waals surface area contributed by atoms with Crippen molar-refractivity contribution in [2.45, 2.75) is 72.7 Å². The molecule has 5 nitrogen and oxygen atoms in total. The molecule has 0 spiro atoms. The number of hydrogen-bond acceptors (Lipinski definition) is 5. The normalized spacial score (nSPS) is 15.1. The molecule has 0 amide bonds. The Morgan fingerprint density at radius 1 is 1.00 bits per heavy atom. The number of esters is 2. The van der Waals surface area contributed by atoms with Crippen molar-refractivity contribution in [1.82, 2.24) is 0 Å². The lowest BCUT2D eigenvalue weighted by atomic mass is 10.0. The summed E-state index contributed by atoms with van der Waals surface area (Å²) in [5.74, 6) is -0.598. The molecule has 5 heteroatoms. The highest BCUT2D eigenvalue weighted by Gasteiger charge is 2.30. The quantitative estimate of drug-likeness (QED) is 0.640. The summed E-state index contributed by atoms with van der Waals surface area (Å²) < 4.78 is 16.8. The van der Waals surface area contributed by atoms with Gasteiger partial charge in [-0.1, -0.05) is 39.0 Å². The molecule has 26 heavy (non-hydrogen) atoms. The minimum atomic E-state index is -0.574. The molecule has 0 aliphatic carbocycles. The summed E-state index contributed by atoms with van der Waals surface area (Å²) in [6, 6.07) is 9.42. The summed E-state index contributed by atoms with van der Waals surface area (Å²) >= 11 is 0. The first-order valence-corrected chi connectivity index (χ1v) is 9.13. The van der Waals surface area contributed by atoms with Crippen molar-refractivity contribution >= 4 is 11.9 Å². The first-order chi connectivity index (χ1) is 12.0. The van der Waals surface area contributed by atoms with Gasteiger partial charge in [-0.3, -0.25) is 9.59 Å². The predicted octanol–water partition coefficient (Wildman–Crippen LogP) is 4.39. The number of para-hydroxylation sites is 1. The maximum Gasteiger partial charge on any atom is 0.309 e. The van der Waals surface area contributed by atoms with Gasteiger partial charge in [0.1, 0.15) is 23.6 Å². The van der Waals surface area contributed by atoms with Crippen LogP contribution in [-0.4, -0.2) is 29.7 Å². The van der Waals surface area contributed by atoms with E-state index in [2.05, 4.69) is 0 Å². The van der Waals surface area contributed by atoms with Gasteiger partial charge in [-0.15, -0.1) is 0 Å². The highest BCUT2D eigenvalue weighted by molar-refractivity contribution is 5.79. The number of carbonyl (C=O) groups is 2. The van der Waals surface area contributed by atoms with Crippen molar-refractivity contribution in [3.8, 4) is 5.75 Å². The molecule has 0 saturated carbocycles. The van der Waals surface area contributed by atoms with E-state index in [0.29, 0.717) is 0 Å². The molecule has 146 valence electrons. The van der Waals surface area contributed by atoms with Gasteiger partial charge >= 0.3 is 11.9 Å². The second-order valence-electron chi connectivity index (χ2n) is 7.97. The Bertz CT molecular complexity index is 574. The molecule has 0 unspecified atom stereocenters. The van der Waals surface area contributed by atoms with E-state index in [-0.39, 0.29) is 18.4 Å². The molecule has 1 aromatic carbocycles. The topological polar surface area (TPSA) is 61.8 Å². The maximum atomic E-state index is 12.4. The van der Waals surface area contributed by atoms with Crippen LogP contribution in [0.2, 0.25) is 0 Å². The lowest BCUT2D eigenvalue weighted by Crippen LogP contribution is -2.39. The van der Waals surface area contributed by atoms with E-state index in [1.54, 1.807) is 27.7 Å². The zero-order valence-electron chi connectivity index (χ0n) is 16.9. The minimum Gasteiger partial charge on any atom is -0.487 e. The van der Waals surface area contributed by atoms with E-state index in [1.807, 2.05) is 51.1 Å². The molecule has 0 fully saturated rings. The SMILES string of the molecule is CC(C)[C@H](OC(=O)[C@H](C)CC(=O)OC(C)(C)C)[C@H](C)Oc1ccccc1. The monoisotopic (exact) mass is 364 g/mol. The standard InChI is InChI=1S/C21H32O5/c1-14(2)19(16(4)24-17-11-9-8-10-12-17)25-20(23)15(3)13-18(22)26-21(5,6)7/h8-12,14-16,19H,13H2,1-7H3/t15-,16+,19+/m1/s1. The Hall–Kier alpha value is -2.04. The average molecular weight is 364 g/mol. The van der Waals surface area contributed by atoms with Gasteiger partial charge in [-0.05, 0) is 45.7 Å². The second-order valence-corrected chi connectivity index (χ2v) is 7.97. The number of benzene rings is 1. The molecular weight excluding hydrogens is 332 g/mol. The Morgan fingerprint density at radius 2 is 1.58 bits per heavy atom. The van der Waals surface area contributed by atoms with Gasteiger partial charge in [0.2, 0.25) is 0 Å². The zero-order chi connectivity index (χ0) is 19.9. The van der Waals surface area contributed by atoms with Crippen LogP contribution in [0, 0.1) is 11.8 Å².